The zero-order valence-corrected chi connectivity index (χ0v) is 25.8. The minimum Gasteiger partial charge on any atom is -0.385 e. The fourth-order valence-corrected chi connectivity index (χ4v) is 8.55. The lowest BCUT2D eigenvalue weighted by atomic mass is 10.1. The highest BCUT2D eigenvalue weighted by atomic mass is 32.7. The average Bonchev–Trinajstić information content (AvgIpc) is 3.72. The van der Waals surface area contributed by atoms with Crippen molar-refractivity contribution < 1.29 is 50.9 Å². The Labute approximate surface area is 259 Å². The molecule has 3 saturated heterocycles. The first-order chi connectivity index (χ1) is 21.3. The van der Waals surface area contributed by atoms with Gasteiger partial charge in [0.25, 0.3) is 5.56 Å². The van der Waals surface area contributed by atoms with Crippen molar-refractivity contribution in [2.45, 2.75) is 42.5 Å². The fraction of sp³-hybridized carbons (Fsp3) is 0.476. The number of nitrogens with two attached hydrogens (primary N) is 1. The summed E-state index contributed by atoms with van der Waals surface area (Å²) in [5, 5.41) is 10.9. The van der Waals surface area contributed by atoms with Crippen molar-refractivity contribution in [3.8, 4) is 0 Å². The third-order valence-electron chi connectivity index (χ3n) is 7.53. The molecule has 45 heavy (non-hydrogen) atoms. The van der Waals surface area contributed by atoms with Crippen molar-refractivity contribution in [1.29, 1.82) is 0 Å². The lowest BCUT2D eigenvalue weighted by Gasteiger charge is -2.36. The first-order valence-electron chi connectivity index (χ1n) is 12.9. The van der Waals surface area contributed by atoms with Crippen LogP contribution in [0.2, 0.25) is 0 Å². The van der Waals surface area contributed by atoms with Gasteiger partial charge in [-0.05, 0) is 11.8 Å². The van der Waals surface area contributed by atoms with Crippen LogP contribution in [0, 0.1) is 5.82 Å². The minimum absolute atomic E-state index is 0.0313. The van der Waals surface area contributed by atoms with Gasteiger partial charge in [0.2, 0.25) is 5.72 Å². The van der Waals surface area contributed by atoms with Gasteiger partial charge < -0.3 is 34.7 Å². The number of rotatable bonds is 2. The van der Waals surface area contributed by atoms with E-state index >= 15 is 4.39 Å². The molecule has 0 radical (unpaired) electrons. The molecule has 5 N–H and O–H groups in total. The monoisotopic (exact) mass is 710 g/mol. The van der Waals surface area contributed by atoms with Gasteiger partial charge in [0.05, 0.1) is 32.5 Å². The number of thiol groups is 1. The summed E-state index contributed by atoms with van der Waals surface area (Å²) < 4.78 is 80.3. The first-order valence-corrected chi connectivity index (χ1v) is 18.2. The summed E-state index contributed by atoms with van der Waals surface area (Å²) in [5.74, 6) is -1.00. The number of ether oxygens (including phenoxy) is 2. The summed E-state index contributed by atoms with van der Waals surface area (Å²) in [4.78, 5) is 41.8. The molecule has 3 aliphatic heterocycles. The summed E-state index contributed by atoms with van der Waals surface area (Å²) >= 11 is 9.22. The van der Waals surface area contributed by atoms with Gasteiger partial charge in [-0.3, -0.25) is 27.5 Å². The zero-order chi connectivity index (χ0) is 31.9. The minimum atomic E-state index is -4.48. The molecule has 18 nitrogen and oxygen atoms in total. The van der Waals surface area contributed by atoms with Crippen molar-refractivity contribution in [2.24, 2.45) is 0 Å². The Morgan fingerprint density at radius 1 is 1.20 bits per heavy atom. The Morgan fingerprint density at radius 3 is 2.78 bits per heavy atom. The van der Waals surface area contributed by atoms with Gasteiger partial charge in [0, 0.05) is 6.20 Å². The third kappa shape index (κ3) is 5.22. The van der Waals surface area contributed by atoms with Crippen LogP contribution in [0.25, 0.3) is 22.2 Å². The van der Waals surface area contributed by atoms with Crippen molar-refractivity contribution in [3.63, 3.8) is 0 Å². The molecule has 3 fully saturated rings. The Kier molecular flexibility index (Phi) is 7.66. The van der Waals surface area contributed by atoms with Crippen molar-refractivity contribution in [2.75, 3.05) is 25.6 Å². The van der Waals surface area contributed by atoms with E-state index in [4.69, 9.17) is 45.1 Å². The quantitative estimate of drug-likeness (QED) is 0.142. The van der Waals surface area contributed by atoms with E-state index in [0.717, 1.165) is 23.4 Å². The fourth-order valence-electron chi connectivity index (χ4n) is 5.46. The Morgan fingerprint density at radius 2 is 1.98 bits per heavy atom. The summed E-state index contributed by atoms with van der Waals surface area (Å²) in [6, 6.07) is 0. The van der Waals surface area contributed by atoms with Gasteiger partial charge in [-0.15, -0.1) is 0 Å². The number of fused-ring (bicyclic) bond motifs is 5. The van der Waals surface area contributed by atoms with Crippen LogP contribution < -0.4 is 11.3 Å². The van der Waals surface area contributed by atoms with Gasteiger partial charge >= 0.3 is 13.5 Å². The molecule has 4 aromatic rings. The maximum Gasteiger partial charge on any atom is 0.386 e. The highest BCUT2D eigenvalue weighted by Crippen LogP contribution is 2.59. The number of aromatic nitrogens is 7. The number of nitrogen functional groups attached to an aromatic ring is 1. The van der Waals surface area contributed by atoms with E-state index in [2.05, 4.69) is 37.2 Å². The third-order valence-corrected chi connectivity index (χ3v) is 10.7. The van der Waals surface area contributed by atoms with Crippen LogP contribution in [0.15, 0.2) is 30.0 Å². The maximum absolute atomic E-state index is 16.0. The molecule has 9 atom stereocenters. The SMILES string of the molecule is Nc1ncnc2c1ncn2[C@@H]1O[C@@H]2COP(O)(=S)O[C@@]3(n4cc(F)c5c(=O)[nH]cnc54)CO[C@H](COP(=O)(S)O[C@H]2[C@H]1F)[C@H]3O. The number of hydrogen-bond donors (Lipinski definition) is 5. The second kappa shape index (κ2) is 11.1. The van der Waals surface area contributed by atoms with Crippen LogP contribution in [-0.2, 0) is 49.7 Å². The molecule has 0 spiro atoms. The summed E-state index contributed by atoms with van der Waals surface area (Å²) in [6.45, 7) is -10.9. The van der Waals surface area contributed by atoms with E-state index in [0.29, 0.717) is 0 Å². The first kappa shape index (κ1) is 31.2. The van der Waals surface area contributed by atoms with E-state index in [-0.39, 0.29) is 22.6 Å². The van der Waals surface area contributed by atoms with Crippen molar-refractivity contribution in [3.05, 3.63) is 41.3 Å². The molecule has 7 rings (SSSR count). The van der Waals surface area contributed by atoms with Crippen LogP contribution >= 0.6 is 25.8 Å². The normalized spacial score (nSPS) is 37.7. The smallest absolute Gasteiger partial charge is 0.385 e. The van der Waals surface area contributed by atoms with E-state index in [1.54, 1.807) is 0 Å². The van der Waals surface area contributed by atoms with Crippen molar-refractivity contribution in [1.82, 2.24) is 34.1 Å². The van der Waals surface area contributed by atoms with Crippen LogP contribution in [0.4, 0.5) is 14.6 Å². The number of anilines is 1. The number of hydrogen-bond acceptors (Lipinski definition) is 15. The van der Waals surface area contributed by atoms with E-state index < -0.39 is 92.6 Å². The topological polar surface area (TPSA) is 233 Å². The number of aliphatic hydroxyl groups excluding tert-OH is 1. The van der Waals surface area contributed by atoms with Crippen molar-refractivity contribution >= 4 is 65.6 Å². The average molecular weight is 711 g/mol. The molecule has 0 saturated carbocycles. The Hall–Kier alpha value is -2.46. The number of aromatic amines is 1. The van der Waals surface area contributed by atoms with Crippen LogP contribution in [0.1, 0.15) is 6.23 Å². The highest BCUT2D eigenvalue weighted by Gasteiger charge is 2.57. The molecular weight excluding hydrogens is 688 g/mol. The van der Waals surface area contributed by atoms with Gasteiger partial charge in [-0.2, -0.15) is 0 Å². The standard InChI is InChI=1S/C21H22F2N8O10P2S2/c22-8-1-31(17-11(8)19(33)28-6-26-17)21-4-36-10(15(21)32)3-37-42(34,44)40-14-9(2-38-43(35,45)41-21)39-20(12(14)23)30-7-29-13-16(24)25-5-27-18(13)30/h1,5-7,9-10,12,14-15,20,32H,2-4H2,(H,34,44)(H,35,45)(H2,24,25,27)(H,26,28,33)/t9-,10-,12-,14-,15-,20-,21+,42?,43?/m1/s1. The number of nitrogens with one attached hydrogen (secondary N) is 1. The number of H-pyrrole nitrogens is 1. The molecule has 7 heterocycles. The second-order valence-electron chi connectivity index (χ2n) is 10.2. The number of alkyl halides is 1. The van der Waals surface area contributed by atoms with Crippen LogP contribution in [0.5, 0.6) is 0 Å². The molecule has 2 bridgehead atoms. The van der Waals surface area contributed by atoms with Gasteiger partial charge in [0.1, 0.15) is 41.6 Å². The zero-order valence-electron chi connectivity index (χ0n) is 22.3. The predicted octanol–water partition coefficient (Wildman–Crippen LogP) is 0.637. The number of imidazole rings is 1. The summed E-state index contributed by atoms with van der Waals surface area (Å²) in [6.07, 6.45) is -5.68. The lowest BCUT2D eigenvalue weighted by molar-refractivity contribution is -0.100. The number of nitrogens with zero attached hydrogens (tertiary/aromatic N) is 6. The van der Waals surface area contributed by atoms with E-state index in [1.165, 1.54) is 10.9 Å². The highest BCUT2D eigenvalue weighted by molar-refractivity contribution is 8.44. The number of aliphatic hydroxyl groups is 1. The molecule has 0 aromatic carbocycles. The molecular formula is C21H22F2N8O10P2S2. The summed E-state index contributed by atoms with van der Waals surface area (Å²) in [7, 11) is 0. The second-order valence-corrected chi connectivity index (χ2v) is 15.8. The number of halogens is 2. The lowest BCUT2D eigenvalue weighted by Crippen LogP contribution is -2.48. The van der Waals surface area contributed by atoms with E-state index in [1.807, 2.05) is 0 Å². The van der Waals surface area contributed by atoms with E-state index in [9.17, 15) is 23.7 Å². The molecule has 0 amide bonds. The molecule has 2 unspecified atom stereocenters. The van der Waals surface area contributed by atoms with Gasteiger partial charge in [-0.1, -0.05) is 12.2 Å². The Balaban J connectivity index is 1.26. The van der Waals surface area contributed by atoms with Gasteiger partial charge in [-0.25, -0.2) is 33.3 Å². The largest absolute Gasteiger partial charge is 0.386 e. The molecule has 4 aromatic heterocycles. The molecule has 24 heteroatoms. The maximum atomic E-state index is 16.0. The van der Waals surface area contributed by atoms with Crippen LogP contribution in [0.3, 0.4) is 0 Å². The van der Waals surface area contributed by atoms with Crippen LogP contribution in [-0.4, -0.2) is 94.5 Å². The molecule has 0 aliphatic carbocycles. The molecule has 3 aliphatic rings. The van der Waals surface area contributed by atoms with Gasteiger partial charge in [0.15, 0.2) is 35.3 Å². The Bertz CT molecular complexity index is 1970. The molecule has 242 valence electrons. The summed E-state index contributed by atoms with van der Waals surface area (Å²) in [5.41, 5.74) is 2.76. The predicted molar refractivity (Wildman–Crippen MR) is 154 cm³/mol.